The average Bonchev–Trinajstić information content (AvgIpc) is 2.56. The van der Waals surface area contributed by atoms with Crippen LogP contribution in [0.2, 0.25) is 0 Å². The summed E-state index contributed by atoms with van der Waals surface area (Å²) in [5, 5.41) is 4.63. The van der Waals surface area contributed by atoms with Gasteiger partial charge in [0.15, 0.2) is 0 Å². The summed E-state index contributed by atoms with van der Waals surface area (Å²) in [6.45, 7) is 13.0. The quantitative estimate of drug-likeness (QED) is 0.571. The minimum absolute atomic E-state index is 0.111. The van der Waals surface area contributed by atoms with Crippen LogP contribution in [0.1, 0.15) is 66.7 Å². The summed E-state index contributed by atoms with van der Waals surface area (Å²) in [5.74, 6) is 1.86. The van der Waals surface area contributed by atoms with Gasteiger partial charge in [0, 0.05) is 12.0 Å². The van der Waals surface area contributed by atoms with Gasteiger partial charge in [-0.25, -0.2) is 0 Å². The number of allylic oxidation sites excluding steroid dienone is 4. The number of nitrogens with two attached hydrogens (primary N) is 1. The molecular formula is C22H36N2O. The van der Waals surface area contributed by atoms with Crippen LogP contribution < -0.4 is 5.73 Å². The molecule has 25 heavy (non-hydrogen) atoms. The molecule has 0 radical (unpaired) electrons. The van der Waals surface area contributed by atoms with Gasteiger partial charge >= 0.3 is 0 Å². The molecule has 3 rings (SSSR count). The summed E-state index contributed by atoms with van der Waals surface area (Å²) in [7, 11) is 0. The first kappa shape index (κ1) is 18.7. The highest BCUT2D eigenvalue weighted by Crippen LogP contribution is 2.60. The molecule has 3 aliphatic rings. The lowest BCUT2D eigenvalue weighted by molar-refractivity contribution is 0.0307. The molecule has 1 fully saturated rings. The van der Waals surface area contributed by atoms with E-state index in [9.17, 15) is 0 Å². The molecule has 3 nitrogen and oxygen atoms in total. The van der Waals surface area contributed by atoms with E-state index in [1.54, 1.807) is 11.1 Å². The van der Waals surface area contributed by atoms with Crippen LogP contribution in [-0.2, 0) is 4.84 Å². The smallest absolute Gasteiger partial charge is 0.129 e. The van der Waals surface area contributed by atoms with E-state index in [1.807, 2.05) is 0 Å². The maximum Gasteiger partial charge on any atom is 0.129 e. The van der Waals surface area contributed by atoms with Gasteiger partial charge in [0.1, 0.15) is 6.61 Å². The maximum absolute atomic E-state index is 5.59. The molecule has 0 aromatic rings. The van der Waals surface area contributed by atoms with Crippen molar-refractivity contribution in [3.63, 3.8) is 0 Å². The van der Waals surface area contributed by atoms with Crippen molar-refractivity contribution in [2.24, 2.45) is 39.5 Å². The first-order valence-electron chi connectivity index (χ1n) is 10.1. The Morgan fingerprint density at radius 2 is 2.04 bits per heavy atom. The van der Waals surface area contributed by atoms with Gasteiger partial charge in [-0.15, -0.1) is 0 Å². The van der Waals surface area contributed by atoms with Gasteiger partial charge in [0.2, 0.25) is 0 Å². The van der Waals surface area contributed by atoms with E-state index in [4.69, 9.17) is 10.6 Å². The molecule has 1 saturated carbocycles. The molecule has 0 heterocycles. The van der Waals surface area contributed by atoms with Crippen molar-refractivity contribution in [2.75, 3.05) is 13.2 Å². The second-order valence-electron chi connectivity index (χ2n) is 9.39. The minimum Gasteiger partial charge on any atom is -0.394 e. The van der Waals surface area contributed by atoms with Crippen LogP contribution in [0.3, 0.4) is 0 Å². The maximum atomic E-state index is 5.59. The highest BCUT2D eigenvalue weighted by Gasteiger charge is 2.56. The predicted octanol–water partition coefficient (Wildman–Crippen LogP) is 5.08. The Kier molecular flexibility index (Phi) is 5.16. The number of hydrogen-bond donors (Lipinski definition) is 1. The topological polar surface area (TPSA) is 47.6 Å². The van der Waals surface area contributed by atoms with Gasteiger partial charge in [-0.3, -0.25) is 0 Å². The lowest BCUT2D eigenvalue weighted by Crippen LogP contribution is -2.54. The third kappa shape index (κ3) is 3.20. The van der Waals surface area contributed by atoms with Gasteiger partial charge in [-0.2, -0.15) is 0 Å². The van der Waals surface area contributed by atoms with E-state index in [0.29, 0.717) is 36.3 Å². The molecule has 0 amide bonds. The molecule has 3 heteroatoms. The Bertz CT molecular complexity index is 599. The molecule has 0 aromatic carbocycles. The predicted molar refractivity (Wildman–Crippen MR) is 105 cm³/mol. The summed E-state index contributed by atoms with van der Waals surface area (Å²) in [4.78, 5) is 5.57. The van der Waals surface area contributed by atoms with Crippen molar-refractivity contribution in [1.82, 2.24) is 0 Å². The monoisotopic (exact) mass is 344 g/mol. The Morgan fingerprint density at radius 1 is 1.28 bits per heavy atom. The van der Waals surface area contributed by atoms with Gasteiger partial charge < -0.3 is 10.6 Å². The molecule has 0 aromatic heterocycles. The molecular weight excluding hydrogens is 308 g/mol. The summed E-state index contributed by atoms with van der Waals surface area (Å²) in [6, 6.07) is 0. The molecule has 3 atom stereocenters. The van der Waals surface area contributed by atoms with Crippen LogP contribution >= 0.6 is 0 Å². The normalized spacial score (nSPS) is 35.7. The molecule has 0 spiro atoms. The van der Waals surface area contributed by atoms with Crippen molar-refractivity contribution in [3.8, 4) is 0 Å². The summed E-state index contributed by atoms with van der Waals surface area (Å²) >= 11 is 0. The molecule has 1 unspecified atom stereocenters. The fourth-order valence-electron chi connectivity index (χ4n) is 5.65. The highest BCUT2D eigenvalue weighted by molar-refractivity contribution is 5.92. The Labute approximate surface area is 153 Å². The van der Waals surface area contributed by atoms with Crippen molar-refractivity contribution in [3.05, 3.63) is 23.3 Å². The molecule has 0 saturated heterocycles. The molecule has 0 aliphatic heterocycles. The second-order valence-corrected chi connectivity index (χ2v) is 9.39. The van der Waals surface area contributed by atoms with Crippen LogP contribution in [0.4, 0.5) is 0 Å². The van der Waals surface area contributed by atoms with Crippen molar-refractivity contribution >= 4 is 5.71 Å². The molecule has 2 N–H and O–H groups in total. The lowest BCUT2D eigenvalue weighted by Gasteiger charge is -2.57. The largest absolute Gasteiger partial charge is 0.394 e. The fraction of sp³-hybridized carbons (Fsp3) is 0.773. The molecule has 140 valence electrons. The number of fused-ring (bicyclic) bond motifs is 3. The first-order chi connectivity index (χ1) is 11.8. The van der Waals surface area contributed by atoms with Crippen LogP contribution in [0.25, 0.3) is 0 Å². The van der Waals surface area contributed by atoms with Crippen LogP contribution in [0.5, 0.6) is 0 Å². The Hall–Kier alpha value is -1.09. The lowest BCUT2D eigenvalue weighted by atomic mass is 9.46. The number of oxime groups is 1. The standard InChI is InChI=1S/C22H36N2O/c1-15(2)16-6-8-18-17(14-16)7-9-19-21(3,4)11-10-20(22(18,19)5)24-25-13-12-23/h7,14-15,18-19H,6,8-13,23H2,1-5H3/t18-,19?,22+/m0/s1. The number of nitrogens with zero attached hydrogens (tertiary/aromatic N) is 1. The fourth-order valence-corrected chi connectivity index (χ4v) is 5.65. The van der Waals surface area contributed by atoms with Crippen LogP contribution in [0.15, 0.2) is 28.5 Å². The van der Waals surface area contributed by atoms with E-state index >= 15 is 0 Å². The van der Waals surface area contributed by atoms with E-state index in [2.05, 4.69) is 51.9 Å². The third-order valence-corrected chi connectivity index (χ3v) is 7.21. The van der Waals surface area contributed by atoms with Gasteiger partial charge in [-0.1, -0.05) is 57.5 Å². The second kappa shape index (κ2) is 6.90. The summed E-state index contributed by atoms with van der Waals surface area (Å²) in [5.41, 5.74) is 10.5. The number of hydrogen-bond acceptors (Lipinski definition) is 3. The molecule has 0 bridgehead atoms. The Morgan fingerprint density at radius 3 is 2.72 bits per heavy atom. The zero-order valence-corrected chi connectivity index (χ0v) is 16.8. The SMILES string of the molecule is CC(C)C1=CC2=CCC3C(C)(C)CCC(=NOCCN)[C@]3(C)[C@H]2CC1. The van der Waals surface area contributed by atoms with Crippen LogP contribution in [-0.4, -0.2) is 18.9 Å². The van der Waals surface area contributed by atoms with Gasteiger partial charge in [0.05, 0.1) is 5.71 Å². The average molecular weight is 345 g/mol. The summed E-state index contributed by atoms with van der Waals surface area (Å²) in [6.07, 6.45) is 10.9. The van der Waals surface area contributed by atoms with Crippen molar-refractivity contribution in [2.45, 2.75) is 66.7 Å². The zero-order valence-electron chi connectivity index (χ0n) is 16.8. The van der Waals surface area contributed by atoms with Crippen molar-refractivity contribution < 1.29 is 4.84 Å². The third-order valence-electron chi connectivity index (χ3n) is 7.21. The zero-order chi connectivity index (χ0) is 18.2. The first-order valence-corrected chi connectivity index (χ1v) is 10.1. The van der Waals surface area contributed by atoms with Crippen LogP contribution in [0, 0.1) is 28.6 Å². The van der Waals surface area contributed by atoms with E-state index in [0.717, 1.165) is 12.8 Å². The van der Waals surface area contributed by atoms with Gasteiger partial charge in [0.25, 0.3) is 0 Å². The van der Waals surface area contributed by atoms with E-state index in [-0.39, 0.29) is 5.41 Å². The minimum atomic E-state index is 0.111. The Balaban J connectivity index is 2.00. The van der Waals surface area contributed by atoms with Crippen molar-refractivity contribution in [1.29, 1.82) is 0 Å². The highest BCUT2D eigenvalue weighted by atomic mass is 16.6. The summed E-state index contributed by atoms with van der Waals surface area (Å²) < 4.78 is 0. The van der Waals surface area contributed by atoms with E-state index < -0.39 is 0 Å². The number of rotatable bonds is 4. The molecule has 3 aliphatic carbocycles. The van der Waals surface area contributed by atoms with E-state index in [1.165, 1.54) is 25.0 Å². The van der Waals surface area contributed by atoms with Gasteiger partial charge in [-0.05, 0) is 60.8 Å².